The fraction of sp³-hybridized carbons (Fsp3) is 0.789. The van der Waals surface area contributed by atoms with Gasteiger partial charge in [0, 0.05) is 51.7 Å². The summed E-state index contributed by atoms with van der Waals surface area (Å²) in [5, 5.41) is 239. The Bertz CT molecular complexity index is 3320. The van der Waals surface area contributed by atoms with Gasteiger partial charge in [0.05, 0.1) is 55.5 Å². The minimum absolute atomic E-state index is 0.0775. The Morgan fingerprint density at radius 3 is 0.758 bits per heavy atom. The zero-order chi connectivity index (χ0) is 123. The van der Waals surface area contributed by atoms with Gasteiger partial charge in [-0.2, -0.15) is 0 Å². The largest absolute Gasteiger partial charge is 0.481 e. The predicted molar refractivity (Wildman–Crippen MR) is 547 cm³/mol. The highest BCUT2D eigenvalue weighted by Crippen LogP contribution is 2.20. The summed E-state index contributed by atoms with van der Waals surface area (Å²) in [6.07, 6.45) is 15.8. The molecule has 8 atom stereocenters. The molecule has 0 saturated carbocycles. The molecular formula is C95H193N5O49. The van der Waals surface area contributed by atoms with Crippen molar-refractivity contribution in [2.45, 2.75) is 394 Å². The standard InChI is InChI=1S/C8H16O2.C7H14O2.C6H11NO2.2C6H12O2.C5H11NO2.C5H10O4.C5H10O3.2C5H10O2.2C4H9NO3.2C4H8O3.4C4H8O2.C3H7NO3.C2H4O3/c1-2-3-4-5-6-7-8(9)10;1-2-3-4-5-6-7(8)9;1-4-2-3-7-5(4)6(8)9;1-6(2,3)4-5(7)8;1-4-6(2,3)5(7)8;1-3-5(2,6)4(7)8;1-5(2-6,3-7)4(8)9;6-4-2-1-3-5(7)8;1-4(2)3-5(6)7;1-2-3-4-5(6)7;1-2(6)3(5)4(7)8;5-3(1-2-6)4(7)8;1-4(2,7)3(5)6;1-2-3(5)4(6)7;3*1-3(2)4(5)6;1-2-3-4(5)6;4-2(1-5)3(6)7;3-1-2(4)5/h2-7H2,1H3,(H,9,10);2-6H2,1H3,(H,8,9);4-5,7H,2-3H2,1H3,(H,8,9);2*4H2,1-3H3,(H,7,8);3,6H2,1-2H3,(H,7,8);6-7H,2-3H2,1H3,(H,8,9);6H,1-4H2,(H,7,8);4H,3H2,1-2H3,(H,6,7);2-4H2,1H3,(H,6,7);2-3,6H,5H2,1H3,(H,7,8);3,6H,1-2,5H2,(H,7,8);7H,1-2H3,(H,5,6);3,5H,2H2,1H3,(H,6,7);3*3H,1-2H3,(H,5,6);2-3H2,1H3,(H,5,6);2,5H,1,4H2,(H,6,7);3H,1H2,(H,4,5). The Morgan fingerprint density at radius 1 is 0.362 bits per heavy atom. The van der Waals surface area contributed by atoms with E-state index in [1.54, 1.807) is 69.2 Å². The summed E-state index contributed by atoms with van der Waals surface area (Å²) in [6.45, 7) is 42.9. The van der Waals surface area contributed by atoms with Gasteiger partial charge in [0.1, 0.15) is 41.7 Å². The van der Waals surface area contributed by atoms with Crippen molar-refractivity contribution in [2.24, 2.45) is 68.8 Å². The lowest BCUT2D eigenvalue weighted by molar-refractivity contribution is -0.155. The molecule has 149 heavy (non-hydrogen) atoms. The molecule has 0 aromatic carbocycles. The van der Waals surface area contributed by atoms with Gasteiger partial charge in [0.2, 0.25) is 0 Å². The third kappa shape index (κ3) is 192. The summed E-state index contributed by atoms with van der Waals surface area (Å²) in [4.78, 5) is 197. The van der Waals surface area contributed by atoms with E-state index in [0.29, 0.717) is 57.3 Å². The number of rotatable bonds is 45. The SMILES string of the molecule is CC(C)(C)CC(=O)O.CC(C)(O)C(=O)O.CC(C)C(=O)O.CC(C)C(=O)O.CC(C)C(=O)O.CC(C)CC(=O)O.CC(CO)(CO)C(=O)O.CC(O)C(N)C(=O)O.CC1CCNC1C(=O)O.CCC(C)(C)C(=O)O.CCC(C)(N)C(=O)O.CCC(O)C(=O)O.CCCC(=O)O.CCCCC(=O)O.CCCCCCC(=O)O.CCCCCCCC(=O)O.NC(CCO)C(=O)O.NC(CO)C(=O)O.O=C(O)CCCCO.O=C(O)CO. The summed E-state index contributed by atoms with van der Waals surface area (Å²) >= 11 is 0. The molecule has 0 amide bonds. The van der Waals surface area contributed by atoms with Gasteiger partial charge in [0.25, 0.3) is 0 Å². The molecule has 54 heteroatoms. The number of carboxylic acid groups (broad SMARTS) is 20. The van der Waals surface area contributed by atoms with Crippen LogP contribution in [0.25, 0.3) is 0 Å². The van der Waals surface area contributed by atoms with Gasteiger partial charge < -0.3 is 176 Å². The maximum Gasteiger partial charge on any atom is 0.335 e. The molecule has 0 bridgehead atoms. The summed E-state index contributed by atoms with van der Waals surface area (Å²) < 4.78 is 0. The number of carboxylic acids is 20. The number of carbonyl (C=O) groups is 20. The molecule has 0 aliphatic carbocycles. The molecule has 1 aliphatic rings. The van der Waals surface area contributed by atoms with E-state index in [0.717, 1.165) is 64.3 Å². The fourth-order valence-electron chi connectivity index (χ4n) is 5.69. The average molecular weight is 2190 g/mol. The van der Waals surface area contributed by atoms with Gasteiger partial charge in [0.15, 0.2) is 11.7 Å². The van der Waals surface area contributed by atoms with E-state index in [9.17, 15) is 91.1 Å². The number of hydrogen-bond acceptors (Lipinski definition) is 34. The first-order valence-electron chi connectivity index (χ1n) is 47.5. The number of aliphatic hydroxyl groups excluding tert-OH is 8. The van der Waals surface area contributed by atoms with Crippen molar-refractivity contribution in [3.63, 3.8) is 0 Å². The third-order valence-corrected chi connectivity index (χ3v) is 16.6. The van der Waals surface area contributed by atoms with Crippen molar-refractivity contribution in [3.05, 3.63) is 0 Å². The van der Waals surface area contributed by atoms with Gasteiger partial charge in [-0.1, -0.05) is 183 Å². The van der Waals surface area contributed by atoms with E-state index < -0.39 is 198 Å². The van der Waals surface area contributed by atoms with Crippen LogP contribution in [0.1, 0.15) is 347 Å². The van der Waals surface area contributed by atoms with Crippen LogP contribution < -0.4 is 28.3 Å². The molecule has 1 heterocycles. The first-order chi connectivity index (χ1) is 67.4. The second kappa shape index (κ2) is 119. The van der Waals surface area contributed by atoms with Gasteiger partial charge in [-0.25, -0.2) is 14.4 Å². The summed E-state index contributed by atoms with van der Waals surface area (Å²) in [6, 6.07) is -3.50. The summed E-state index contributed by atoms with van der Waals surface area (Å²) in [7, 11) is 0. The first-order valence-corrected chi connectivity index (χ1v) is 47.5. The molecule has 1 fully saturated rings. The molecule has 0 spiro atoms. The fourth-order valence-corrected chi connectivity index (χ4v) is 5.69. The molecule has 0 aromatic heterocycles. The zero-order valence-corrected chi connectivity index (χ0v) is 92.1. The van der Waals surface area contributed by atoms with Crippen LogP contribution in [0.5, 0.6) is 0 Å². The number of nitrogens with two attached hydrogens (primary N) is 4. The molecule has 8 unspecified atom stereocenters. The highest BCUT2D eigenvalue weighted by molar-refractivity contribution is 5.79. The van der Waals surface area contributed by atoms with Crippen molar-refractivity contribution in [3.8, 4) is 0 Å². The van der Waals surface area contributed by atoms with Crippen molar-refractivity contribution >= 4 is 119 Å². The monoisotopic (exact) mass is 2190 g/mol. The average Bonchev–Trinajstić information content (AvgIpc) is 1.84. The molecule has 38 N–H and O–H groups in total. The van der Waals surface area contributed by atoms with Gasteiger partial charge in [-0.05, 0) is 143 Å². The van der Waals surface area contributed by atoms with Crippen molar-refractivity contribution in [1.82, 2.24) is 5.32 Å². The number of nitrogens with one attached hydrogen (secondary N) is 1. The van der Waals surface area contributed by atoms with Gasteiger partial charge in [-0.3, -0.25) is 81.5 Å². The second-order valence-corrected chi connectivity index (χ2v) is 35.8. The Balaban J connectivity index is -0.0000000704. The molecular weight excluding hydrogens is 2000 g/mol. The number of unbranched alkanes of at least 4 members (excludes halogenated alkanes) is 9. The Labute approximate surface area is 874 Å². The van der Waals surface area contributed by atoms with Crippen LogP contribution in [0.15, 0.2) is 0 Å². The van der Waals surface area contributed by atoms with Crippen LogP contribution in [-0.2, 0) is 95.9 Å². The molecule has 892 valence electrons. The maximum atomic E-state index is 10.3. The number of aliphatic carboxylic acids is 20. The lowest BCUT2D eigenvalue weighted by atomic mass is 9.91. The third-order valence-electron chi connectivity index (χ3n) is 16.6. The van der Waals surface area contributed by atoms with Crippen molar-refractivity contribution < 1.29 is 244 Å². The molecule has 1 rings (SSSR count). The van der Waals surface area contributed by atoms with E-state index in [-0.39, 0.29) is 80.4 Å². The van der Waals surface area contributed by atoms with Crippen LogP contribution in [0.2, 0.25) is 0 Å². The first kappa shape index (κ1) is 183. The Hall–Kier alpha value is -11.2. The summed E-state index contributed by atoms with van der Waals surface area (Å²) in [5.41, 5.74) is 15.3. The second-order valence-electron chi connectivity index (χ2n) is 35.8. The van der Waals surface area contributed by atoms with Crippen LogP contribution in [0.3, 0.4) is 0 Å². The lowest BCUT2D eigenvalue weighted by Gasteiger charge is -2.17. The number of hydrogen-bond donors (Lipinski definition) is 34. The van der Waals surface area contributed by atoms with Crippen LogP contribution in [0, 0.1) is 45.8 Å². The smallest absolute Gasteiger partial charge is 0.335 e. The Morgan fingerprint density at radius 2 is 0.678 bits per heavy atom. The number of aliphatic hydroxyl groups is 9. The van der Waals surface area contributed by atoms with E-state index in [1.165, 1.54) is 60.3 Å². The van der Waals surface area contributed by atoms with Crippen LogP contribution in [0.4, 0.5) is 0 Å². The molecule has 1 aliphatic heterocycles. The topological polar surface area (TPSA) is 1040 Å². The van der Waals surface area contributed by atoms with E-state index in [1.807, 2.05) is 62.3 Å². The normalized spacial score (nSPS) is 12.6. The highest BCUT2D eigenvalue weighted by atomic mass is 16.4. The summed E-state index contributed by atoms with van der Waals surface area (Å²) in [5.74, 6) is -17.9. The Kier molecular flexibility index (Phi) is 146. The van der Waals surface area contributed by atoms with Gasteiger partial charge >= 0.3 is 119 Å². The quantitative estimate of drug-likeness (QED) is 0.0268. The molecule has 0 aromatic rings. The van der Waals surface area contributed by atoms with E-state index in [2.05, 4.69) is 19.2 Å². The predicted octanol–water partition coefficient (Wildman–Crippen LogP) is 7.18. The maximum absolute atomic E-state index is 10.3. The molecule has 54 nitrogen and oxygen atoms in total. The zero-order valence-electron chi connectivity index (χ0n) is 92.1. The van der Waals surface area contributed by atoms with E-state index >= 15 is 0 Å². The van der Waals surface area contributed by atoms with Crippen molar-refractivity contribution in [1.29, 1.82) is 0 Å². The van der Waals surface area contributed by atoms with Crippen LogP contribution in [-0.4, -0.2) is 361 Å². The minimum Gasteiger partial charge on any atom is -0.481 e. The van der Waals surface area contributed by atoms with Gasteiger partial charge in [-0.15, -0.1) is 0 Å². The molecule has 0 radical (unpaired) electrons. The highest BCUT2D eigenvalue weighted by Gasteiger charge is 2.32. The van der Waals surface area contributed by atoms with Crippen LogP contribution >= 0.6 is 0 Å². The van der Waals surface area contributed by atoms with E-state index in [4.69, 9.17) is 176 Å². The van der Waals surface area contributed by atoms with Crippen molar-refractivity contribution in [2.75, 3.05) is 46.2 Å². The molecule has 1 saturated heterocycles. The minimum atomic E-state index is -1.58. The lowest BCUT2D eigenvalue weighted by Crippen LogP contribution is -2.43.